The third kappa shape index (κ3) is 3.32. The van der Waals surface area contributed by atoms with Gasteiger partial charge in [-0.1, -0.05) is 6.07 Å². The number of pyridine rings is 1. The van der Waals surface area contributed by atoms with E-state index in [0.29, 0.717) is 6.54 Å². The van der Waals surface area contributed by atoms with E-state index in [-0.39, 0.29) is 0 Å². The highest BCUT2D eigenvalue weighted by Gasteiger charge is 2.08. The molecule has 0 aromatic carbocycles. The van der Waals surface area contributed by atoms with Crippen LogP contribution in [0.5, 0.6) is 0 Å². The predicted octanol–water partition coefficient (Wildman–Crippen LogP) is 1.26. The van der Waals surface area contributed by atoms with Crippen molar-refractivity contribution >= 4 is 5.82 Å². The van der Waals surface area contributed by atoms with Gasteiger partial charge in [-0.25, -0.2) is 4.98 Å². The fraction of sp³-hybridized carbons (Fsp3) is 0.429. The van der Waals surface area contributed by atoms with Crippen LogP contribution >= 0.6 is 0 Å². The zero-order chi connectivity index (χ0) is 13.8. The molecule has 2 heterocycles. The van der Waals surface area contributed by atoms with E-state index in [1.54, 1.807) is 0 Å². The predicted molar refractivity (Wildman–Crippen MR) is 77.0 cm³/mol. The number of rotatable bonds is 5. The van der Waals surface area contributed by atoms with Crippen molar-refractivity contribution in [1.29, 1.82) is 0 Å². The quantitative estimate of drug-likeness (QED) is 0.878. The summed E-state index contributed by atoms with van der Waals surface area (Å²) in [5, 5.41) is 4.18. The van der Waals surface area contributed by atoms with E-state index in [0.717, 1.165) is 18.8 Å². The largest absolute Gasteiger partial charge is 0.355 e. The van der Waals surface area contributed by atoms with Gasteiger partial charge in [-0.05, 0) is 31.0 Å². The molecule has 0 unspecified atom stereocenters. The van der Waals surface area contributed by atoms with Crippen LogP contribution in [0.1, 0.15) is 16.7 Å². The van der Waals surface area contributed by atoms with Gasteiger partial charge in [-0.15, -0.1) is 0 Å². The zero-order valence-corrected chi connectivity index (χ0v) is 11.8. The maximum atomic E-state index is 5.57. The van der Waals surface area contributed by atoms with E-state index in [1.165, 1.54) is 16.7 Å². The Kier molecular flexibility index (Phi) is 4.16. The Hall–Kier alpha value is -1.88. The third-order valence-corrected chi connectivity index (χ3v) is 3.08. The molecular weight excluding hydrogens is 238 g/mol. The van der Waals surface area contributed by atoms with Gasteiger partial charge in [-0.2, -0.15) is 5.10 Å². The molecule has 0 aliphatic heterocycles. The third-order valence-electron chi connectivity index (χ3n) is 3.08. The number of hydrogen-bond acceptors (Lipinski definition) is 4. The van der Waals surface area contributed by atoms with Crippen molar-refractivity contribution in [3.05, 3.63) is 41.3 Å². The van der Waals surface area contributed by atoms with Crippen molar-refractivity contribution in [1.82, 2.24) is 14.8 Å². The Morgan fingerprint density at radius 2 is 2.11 bits per heavy atom. The first-order chi connectivity index (χ1) is 9.10. The van der Waals surface area contributed by atoms with E-state index in [9.17, 15) is 0 Å². The minimum Gasteiger partial charge on any atom is -0.355 e. The SMILES string of the molecule is Cc1cc(CCN)cnc1N(C)Cc1cnn(C)c1. The molecule has 2 aromatic rings. The maximum absolute atomic E-state index is 5.57. The maximum Gasteiger partial charge on any atom is 0.131 e. The van der Waals surface area contributed by atoms with Crippen molar-refractivity contribution in [3.8, 4) is 0 Å². The van der Waals surface area contributed by atoms with Crippen molar-refractivity contribution < 1.29 is 0 Å². The summed E-state index contributed by atoms with van der Waals surface area (Å²) in [4.78, 5) is 6.68. The summed E-state index contributed by atoms with van der Waals surface area (Å²) in [5.41, 5.74) is 9.11. The summed E-state index contributed by atoms with van der Waals surface area (Å²) >= 11 is 0. The summed E-state index contributed by atoms with van der Waals surface area (Å²) in [6.07, 6.45) is 6.69. The molecule has 2 rings (SSSR count). The van der Waals surface area contributed by atoms with Crippen LogP contribution in [-0.4, -0.2) is 28.4 Å². The normalized spacial score (nSPS) is 10.7. The van der Waals surface area contributed by atoms with Gasteiger partial charge in [0.1, 0.15) is 5.82 Å². The molecule has 2 aromatic heterocycles. The Morgan fingerprint density at radius 3 is 2.68 bits per heavy atom. The highest BCUT2D eigenvalue weighted by molar-refractivity contribution is 5.47. The van der Waals surface area contributed by atoms with Crippen molar-refractivity contribution in [2.75, 3.05) is 18.5 Å². The van der Waals surface area contributed by atoms with Crippen molar-refractivity contribution in [3.63, 3.8) is 0 Å². The number of aromatic nitrogens is 3. The highest BCUT2D eigenvalue weighted by atomic mass is 15.2. The molecule has 19 heavy (non-hydrogen) atoms. The van der Waals surface area contributed by atoms with Gasteiger partial charge in [0.2, 0.25) is 0 Å². The number of nitrogens with zero attached hydrogens (tertiary/aromatic N) is 4. The summed E-state index contributed by atoms with van der Waals surface area (Å²) in [6.45, 7) is 3.55. The van der Waals surface area contributed by atoms with Crippen LogP contribution in [0.4, 0.5) is 5.82 Å². The molecule has 5 heteroatoms. The molecule has 0 bridgehead atoms. The van der Waals surface area contributed by atoms with E-state index >= 15 is 0 Å². The van der Waals surface area contributed by atoms with E-state index in [1.807, 2.05) is 37.4 Å². The van der Waals surface area contributed by atoms with E-state index < -0.39 is 0 Å². The second kappa shape index (κ2) is 5.84. The Bertz CT molecular complexity index is 547. The Labute approximate surface area is 114 Å². The first-order valence-electron chi connectivity index (χ1n) is 6.44. The van der Waals surface area contributed by atoms with Gasteiger partial charge in [0, 0.05) is 38.6 Å². The van der Waals surface area contributed by atoms with Gasteiger partial charge in [0.25, 0.3) is 0 Å². The summed E-state index contributed by atoms with van der Waals surface area (Å²) in [5.74, 6) is 1.00. The van der Waals surface area contributed by atoms with Gasteiger partial charge in [0.15, 0.2) is 0 Å². The molecule has 0 saturated carbocycles. The molecule has 0 atom stereocenters. The number of aryl methyl sites for hydroxylation is 2. The number of anilines is 1. The molecule has 0 aliphatic carbocycles. The lowest BCUT2D eigenvalue weighted by Crippen LogP contribution is -2.19. The van der Waals surface area contributed by atoms with Crippen LogP contribution in [0.15, 0.2) is 24.7 Å². The minimum atomic E-state index is 0.659. The standard InChI is InChI=1S/C14H21N5/c1-11-6-12(4-5-15)7-16-14(11)18(2)9-13-8-17-19(3)10-13/h6-8,10H,4-5,9,15H2,1-3H3. The first kappa shape index (κ1) is 13.5. The average molecular weight is 259 g/mol. The smallest absolute Gasteiger partial charge is 0.131 e. The van der Waals surface area contributed by atoms with Gasteiger partial charge < -0.3 is 10.6 Å². The average Bonchev–Trinajstić information content (AvgIpc) is 2.75. The second-order valence-corrected chi connectivity index (χ2v) is 4.90. The van der Waals surface area contributed by atoms with E-state index in [4.69, 9.17) is 5.73 Å². The van der Waals surface area contributed by atoms with Gasteiger partial charge >= 0.3 is 0 Å². The zero-order valence-electron chi connectivity index (χ0n) is 11.8. The van der Waals surface area contributed by atoms with Crippen LogP contribution in [0.3, 0.4) is 0 Å². The van der Waals surface area contributed by atoms with Gasteiger partial charge in [-0.3, -0.25) is 4.68 Å². The summed E-state index contributed by atoms with van der Waals surface area (Å²) < 4.78 is 1.81. The van der Waals surface area contributed by atoms with Crippen LogP contribution in [-0.2, 0) is 20.0 Å². The van der Waals surface area contributed by atoms with Gasteiger partial charge in [0.05, 0.1) is 6.20 Å². The van der Waals surface area contributed by atoms with Crippen LogP contribution in [0, 0.1) is 6.92 Å². The van der Waals surface area contributed by atoms with Crippen molar-refractivity contribution in [2.45, 2.75) is 19.9 Å². The lowest BCUT2D eigenvalue weighted by Gasteiger charge is -2.19. The number of hydrogen-bond donors (Lipinski definition) is 1. The summed E-state index contributed by atoms with van der Waals surface area (Å²) in [6, 6.07) is 2.16. The lowest BCUT2D eigenvalue weighted by molar-refractivity contribution is 0.766. The van der Waals surface area contributed by atoms with Crippen molar-refractivity contribution in [2.24, 2.45) is 12.8 Å². The molecule has 102 valence electrons. The molecule has 0 spiro atoms. The molecule has 5 nitrogen and oxygen atoms in total. The summed E-state index contributed by atoms with van der Waals surface area (Å²) in [7, 11) is 3.97. The topological polar surface area (TPSA) is 60.0 Å². The molecule has 0 radical (unpaired) electrons. The molecule has 0 fully saturated rings. The second-order valence-electron chi connectivity index (χ2n) is 4.90. The van der Waals surface area contributed by atoms with E-state index in [2.05, 4.69) is 28.0 Å². The Morgan fingerprint density at radius 1 is 1.32 bits per heavy atom. The molecule has 0 saturated heterocycles. The van der Waals surface area contributed by atoms with Crippen LogP contribution < -0.4 is 10.6 Å². The molecule has 2 N–H and O–H groups in total. The Balaban J connectivity index is 2.12. The molecule has 0 aliphatic rings. The molecule has 0 amide bonds. The number of nitrogens with two attached hydrogens (primary N) is 1. The first-order valence-corrected chi connectivity index (χ1v) is 6.44. The fourth-order valence-corrected chi connectivity index (χ4v) is 2.23. The van der Waals surface area contributed by atoms with Crippen LogP contribution in [0.2, 0.25) is 0 Å². The minimum absolute atomic E-state index is 0.659. The molecular formula is C14H21N5. The monoisotopic (exact) mass is 259 g/mol. The lowest BCUT2D eigenvalue weighted by atomic mass is 10.1. The highest BCUT2D eigenvalue weighted by Crippen LogP contribution is 2.18. The van der Waals surface area contributed by atoms with Crippen LogP contribution in [0.25, 0.3) is 0 Å². The fourth-order valence-electron chi connectivity index (χ4n) is 2.23.